The summed E-state index contributed by atoms with van der Waals surface area (Å²) in [5.74, 6) is 0.595. The number of amides is 2. The highest BCUT2D eigenvalue weighted by atomic mass is 16.6. The number of aromatic nitrogens is 2. The minimum Gasteiger partial charge on any atom is -0.444 e. The third-order valence-corrected chi connectivity index (χ3v) is 6.85. The fraction of sp³-hybridized carbons (Fsp3) is 0.667. The van der Waals surface area contributed by atoms with Crippen LogP contribution in [0.1, 0.15) is 110 Å². The summed E-state index contributed by atoms with van der Waals surface area (Å²) in [6, 6.07) is 7.74. The van der Waals surface area contributed by atoms with E-state index in [1.807, 2.05) is 32.9 Å². The predicted molar refractivity (Wildman–Crippen MR) is 148 cm³/mol. The number of likely N-dealkylation sites (tertiary alicyclic amines) is 1. The number of rotatable bonds is 13. The molecule has 1 fully saturated rings. The summed E-state index contributed by atoms with van der Waals surface area (Å²) in [5.41, 5.74) is 1.59. The van der Waals surface area contributed by atoms with Gasteiger partial charge in [0.05, 0.1) is 6.54 Å². The Kier molecular flexibility index (Phi) is 11.6. The Morgan fingerprint density at radius 2 is 1.71 bits per heavy atom. The largest absolute Gasteiger partial charge is 0.444 e. The normalized spacial score (nSPS) is 15.9. The van der Waals surface area contributed by atoms with E-state index < -0.39 is 17.7 Å². The Hall–Kier alpha value is -2.90. The van der Waals surface area contributed by atoms with Gasteiger partial charge in [-0.3, -0.25) is 9.69 Å². The van der Waals surface area contributed by atoms with Crippen LogP contribution in [-0.2, 0) is 22.5 Å². The maximum Gasteiger partial charge on any atom is 0.410 e. The van der Waals surface area contributed by atoms with Gasteiger partial charge in [0.1, 0.15) is 11.6 Å². The van der Waals surface area contributed by atoms with E-state index in [-0.39, 0.29) is 12.5 Å². The second-order valence-corrected chi connectivity index (χ2v) is 11.3. The Morgan fingerprint density at radius 1 is 1.03 bits per heavy atom. The molecular weight excluding hydrogens is 480 g/mol. The van der Waals surface area contributed by atoms with Crippen molar-refractivity contribution in [3.63, 3.8) is 0 Å². The van der Waals surface area contributed by atoms with Gasteiger partial charge in [-0.1, -0.05) is 81.3 Å². The Morgan fingerprint density at radius 3 is 2.39 bits per heavy atom. The van der Waals surface area contributed by atoms with Crippen LogP contribution in [0.2, 0.25) is 0 Å². The van der Waals surface area contributed by atoms with Crippen molar-refractivity contribution >= 4 is 12.0 Å². The maximum atomic E-state index is 12.9. The van der Waals surface area contributed by atoms with Crippen molar-refractivity contribution in [3.05, 3.63) is 35.7 Å². The molecule has 1 aliphatic heterocycles. The number of nitrogens with one attached hydrogen (secondary N) is 1. The molecule has 1 aromatic heterocycles. The van der Waals surface area contributed by atoms with Gasteiger partial charge in [0.25, 0.3) is 0 Å². The molecule has 0 aliphatic carbocycles. The number of hydrogen-bond acceptors (Lipinski definition) is 6. The van der Waals surface area contributed by atoms with Crippen LogP contribution >= 0.6 is 0 Å². The molecule has 1 aromatic carbocycles. The molecule has 2 aromatic rings. The highest BCUT2D eigenvalue weighted by molar-refractivity contribution is 5.85. The summed E-state index contributed by atoms with van der Waals surface area (Å²) in [6.45, 7) is 8.34. The summed E-state index contributed by atoms with van der Waals surface area (Å²) in [4.78, 5) is 31.5. The third kappa shape index (κ3) is 9.76. The Labute approximate surface area is 227 Å². The van der Waals surface area contributed by atoms with Gasteiger partial charge in [-0.05, 0) is 58.4 Å². The van der Waals surface area contributed by atoms with E-state index in [1.54, 1.807) is 0 Å². The lowest BCUT2D eigenvalue weighted by Gasteiger charge is -2.35. The Balaban J connectivity index is 1.44. The van der Waals surface area contributed by atoms with Crippen LogP contribution < -0.4 is 5.32 Å². The maximum absolute atomic E-state index is 12.9. The Bertz CT molecular complexity index is 996. The number of unbranched alkanes of at least 4 members (excludes halogenated alkanes) is 7. The van der Waals surface area contributed by atoms with Gasteiger partial charge in [0, 0.05) is 12.1 Å². The van der Waals surface area contributed by atoms with Gasteiger partial charge in [-0.2, -0.15) is 4.98 Å². The van der Waals surface area contributed by atoms with Gasteiger partial charge in [-0.25, -0.2) is 4.79 Å². The van der Waals surface area contributed by atoms with Crippen LogP contribution in [0.4, 0.5) is 4.79 Å². The predicted octanol–water partition coefficient (Wildman–Crippen LogP) is 6.83. The van der Waals surface area contributed by atoms with Gasteiger partial charge in [0.15, 0.2) is 0 Å². The standard InChI is InChI=1S/C30H46N4O4/c1-5-6-7-8-9-10-11-12-15-23-17-19-24(20-18-23)27-32-26(38-33-27)22-31-28(35)25-16-13-14-21-34(25)29(36)37-30(2,3)4/h17-20,25H,5-16,21-22H2,1-4H3,(H,31,35)/t25-/m1/s1. The third-order valence-electron chi connectivity index (χ3n) is 6.85. The van der Waals surface area contributed by atoms with Gasteiger partial charge < -0.3 is 14.6 Å². The lowest BCUT2D eigenvalue weighted by atomic mass is 10.0. The summed E-state index contributed by atoms with van der Waals surface area (Å²) in [6.07, 6.45) is 13.5. The number of carbonyl (C=O) groups excluding carboxylic acids is 2. The molecule has 0 spiro atoms. The minimum atomic E-state index is -0.610. The number of carbonyl (C=O) groups is 2. The molecule has 8 nitrogen and oxygen atoms in total. The average Bonchev–Trinajstić information content (AvgIpc) is 3.37. The number of benzene rings is 1. The van der Waals surface area contributed by atoms with E-state index in [9.17, 15) is 9.59 Å². The van der Waals surface area contributed by atoms with Crippen LogP contribution in [0.15, 0.2) is 28.8 Å². The summed E-state index contributed by atoms with van der Waals surface area (Å²) in [5, 5.41) is 6.94. The minimum absolute atomic E-state index is 0.112. The molecular formula is C30H46N4O4. The van der Waals surface area contributed by atoms with Crippen molar-refractivity contribution in [2.24, 2.45) is 0 Å². The van der Waals surface area contributed by atoms with Gasteiger partial charge in [-0.15, -0.1) is 0 Å². The molecule has 1 aliphatic rings. The molecule has 0 unspecified atom stereocenters. The summed E-state index contributed by atoms with van der Waals surface area (Å²) in [7, 11) is 0. The van der Waals surface area contributed by atoms with Crippen molar-refractivity contribution in [1.82, 2.24) is 20.4 Å². The number of aryl methyl sites for hydroxylation is 1. The molecule has 8 heteroatoms. The van der Waals surface area contributed by atoms with Crippen LogP contribution in [-0.4, -0.2) is 45.2 Å². The molecule has 3 rings (SSSR count). The zero-order valence-electron chi connectivity index (χ0n) is 23.8. The van der Waals surface area contributed by atoms with E-state index in [0.29, 0.717) is 24.7 Å². The van der Waals surface area contributed by atoms with E-state index in [0.717, 1.165) is 24.8 Å². The highest BCUT2D eigenvalue weighted by Crippen LogP contribution is 2.22. The zero-order valence-corrected chi connectivity index (χ0v) is 23.8. The van der Waals surface area contributed by atoms with E-state index in [1.165, 1.54) is 61.8 Å². The first-order chi connectivity index (χ1) is 18.3. The van der Waals surface area contributed by atoms with E-state index in [2.05, 4.69) is 34.5 Å². The lowest BCUT2D eigenvalue weighted by Crippen LogP contribution is -2.53. The zero-order chi connectivity index (χ0) is 27.4. The monoisotopic (exact) mass is 526 g/mol. The molecule has 210 valence electrons. The van der Waals surface area contributed by atoms with Crippen LogP contribution in [0.5, 0.6) is 0 Å². The first kappa shape index (κ1) is 29.7. The molecule has 1 atom stereocenters. The van der Waals surface area contributed by atoms with Crippen molar-refractivity contribution < 1.29 is 18.8 Å². The van der Waals surface area contributed by atoms with Crippen LogP contribution in [0.25, 0.3) is 11.4 Å². The molecule has 0 saturated carbocycles. The van der Waals surface area contributed by atoms with Crippen molar-refractivity contribution in [1.29, 1.82) is 0 Å². The SMILES string of the molecule is CCCCCCCCCCc1ccc(-c2noc(CNC(=O)[C@H]3CCCCN3C(=O)OC(C)(C)C)n2)cc1. The number of hydrogen-bond donors (Lipinski definition) is 1. The fourth-order valence-electron chi connectivity index (χ4n) is 4.75. The van der Waals surface area contributed by atoms with Crippen molar-refractivity contribution in [2.45, 2.75) is 123 Å². The summed E-state index contributed by atoms with van der Waals surface area (Å²) < 4.78 is 10.9. The van der Waals surface area contributed by atoms with E-state index >= 15 is 0 Å². The van der Waals surface area contributed by atoms with Crippen LogP contribution in [0.3, 0.4) is 0 Å². The molecule has 0 bridgehead atoms. The number of nitrogens with zero attached hydrogens (tertiary/aromatic N) is 3. The van der Waals surface area contributed by atoms with Gasteiger partial charge in [0.2, 0.25) is 17.6 Å². The first-order valence-electron chi connectivity index (χ1n) is 14.5. The molecule has 0 radical (unpaired) electrons. The molecule has 2 amide bonds. The molecule has 1 N–H and O–H groups in total. The average molecular weight is 527 g/mol. The second kappa shape index (κ2) is 14.9. The smallest absolute Gasteiger partial charge is 0.410 e. The lowest BCUT2D eigenvalue weighted by molar-refractivity contribution is -0.127. The van der Waals surface area contributed by atoms with Crippen molar-refractivity contribution in [3.8, 4) is 11.4 Å². The number of ether oxygens (including phenoxy) is 1. The summed E-state index contributed by atoms with van der Waals surface area (Å²) >= 11 is 0. The van der Waals surface area contributed by atoms with Crippen molar-refractivity contribution in [2.75, 3.05) is 6.54 Å². The molecule has 2 heterocycles. The second-order valence-electron chi connectivity index (χ2n) is 11.3. The highest BCUT2D eigenvalue weighted by Gasteiger charge is 2.34. The topological polar surface area (TPSA) is 97.6 Å². The molecule has 1 saturated heterocycles. The molecule has 38 heavy (non-hydrogen) atoms. The van der Waals surface area contributed by atoms with E-state index in [4.69, 9.17) is 9.26 Å². The van der Waals surface area contributed by atoms with Crippen LogP contribution in [0, 0.1) is 0 Å². The number of piperidine rings is 1. The quantitative estimate of drug-likeness (QED) is 0.287. The first-order valence-corrected chi connectivity index (χ1v) is 14.5. The fourth-order valence-corrected chi connectivity index (χ4v) is 4.75. The van der Waals surface area contributed by atoms with Gasteiger partial charge >= 0.3 is 6.09 Å².